The highest BCUT2D eigenvalue weighted by molar-refractivity contribution is 7.10. The first kappa shape index (κ1) is 19.3. The summed E-state index contributed by atoms with van der Waals surface area (Å²) in [6.45, 7) is 6.78. The van der Waals surface area contributed by atoms with Crippen molar-refractivity contribution < 1.29 is 14.3 Å². The van der Waals surface area contributed by atoms with Crippen LogP contribution in [0.1, 0.15) is 17.4 Å². The van der Waals surface area contributed by atoms with Crippen LogP contribution in [-0.2, 0) is 11.3 Å². The van der Waals surface area contributed by atoms with Crippen molar-refractivity contribution in [1.82, 2.24) is 10.2 Å². The molecule has 0 unspecified atom stereocenters. The standard InChI is InChI=1S/C19H26N2O3S/c1-4-23-16-5-7-17(8-6-16)24-11-10-20-19(22)14-21(3)13-18-15(2)9-12-25-18/h5-9,12H,4,10-11,13-14H2,1-3H3,(H,20,22). The summed E-state index contributed by atoms with van der Waals surface area (Å²) in [6.07, 6.45) is 0. The number of ether oxygens (including phenoxy) is 2. The van der Waals surface area contributed by atoms with Gasteiger partial charge in [0.05, 0.1) is 19.7 Å². The second kappa shape index (κ2) is 10.1. The molecule has 1 heterocycles. The molecular formula is C19H26N2O3S. The fourth-order valence-corrected chi connectivity index (χ4v) is 3.31. The summed E-state index contributed by atoms with van der Waals surface area (Å²) in [7, 11) is 1.95. The van der Waals surface area contributed by atoms with Gasteiger partial charge in [-0.2, -0.15) is 0 Å². The molecule has 1 aromatic heterocycles. The number of aryl methyl sites for hydroxylation is 1. The van der Waals surface area contributed by atoms with Gasteiger partial charge in [-0.05, 0) is 62.2 Å². The van der Waals surface area contributed by atoms with E-state index < -0.39 is 0 Å². The lowest BCUT2D eigenvalue weighted by Gasteiger charge is -2.16. The lowest BCUT2D eigenvalue weighted by atomic mass is 10.3. The van der Waals surface area contributed by atoms with Crippen molar-refractivity contribution in [3.05, 3.63) is 46.2 Å². The molecule has 0 bridgehead atoms. The molecule has 6 heteroatoms. The number of nitrogens with one attached hydrogen (secondary N) is 1. The van der Waals surface area contributed by atoms with Crippen molar-refractivity contribution in [1.29, 1.82) is 0 Å². The third kappa shape index (κ3) is 6.76. The molecule has 0 fully saturated rings. The molecule has 0 aliphatic heterocycles. The van der Waals surface area contributed by atoms with Gasteiger partial charge in [0.2, 0.25) is 5.91 Å². The van der Waals surface area contributed by atoms with Crippen molar-refractivity contribution in [2.24, 2.45) is 0 Å². The Morgan fingerprint density at radius 3 is 2.44 bits per heavy atom. The molecule has 1 amide bonds. The van der Waals surface area contributed by atoms with Crippen LogP contribution in [0.4, 0.5) is 0 Å². The number of rotatable bonds is 10. The van der Waals surface area contributed by atoms with Crippen LogP contribution >= 0.6 is 11.3 Å². The maximum absolute atomic E-state index is 12.0. The molecule has 1 aromatic carbocycles. The van der Waals surface area contributed by atoms with Gasteiger partial charge < -0.3 is 14.8 Å². The molecule has 0 aliphatic rings. The minimum atomic E-state index is 0.00648. The maximum atomic E-state index is 12.0. The number of carbonyl (C=O) groups excluding carboxylic acids is 1. The van der Waals surface area contributed by atoms with Crippen molar-refractivity contribution >= 4 is 17.2 Å². The first-order valence-corrected chi connectivity index (χ1v) is 9.30. The van der Waals surface area contributed by atoms with E-state index >= 15 is 0 Å². The van der Waals surface area contributed by atoms with E-state index in [0.717, 1.165) is 18.0 Å². The molecule has 2 rings (SSSR count). The molecule has 1 N–H and O–H groups in total. The average Bonchev–Trinajstić information content (AvgIpc) is 2.98. The van der Waals surface area contributed by atoms with Crippen molar-refractivity contribution in [2.45, 2.75) is 20.4 Å². The van der Waals surface area contributed by atoms with Crippen LogP contribution in [0, 0.1) is 6.92 Å². The number of hydrogen-bond acceptors (Lipinski definition) is 5. The van der Waals surface area contributed by atoms with Crippen LogP contribution < -0.4 is 14.8 Å². The molecule has 25 heavy (non-hydrogen) atoms. The summed E-state index contributed by atoms with van der Waals surface area (Å²) in [5.41, 5.74) is 1.28. The number of carbonyl (C=O) groups is 1. The molecule has 0 spiro atoms. The zero-order valence-corrected chi connectivity index (χ0v) is 15.9. The van der Waals surface area contributed by atoms with E-state index in [9.17, 15) is 4.79 Å². The summed E-state index contributed by atoms with van der Waals surface area (Å²) in [6, 6.07) is 9.58. The molecule has 5 nitrogen and oxygen atoms in total. The van der Waals surface area contributed by atoms with E-state index in [0.29, 0.717) is 26.3 Å². The number of nitrogens with zero attached hydrogens (tertiary/aromatic N) is 1. The van der Waals surface area contributed by atoms with Gasteiger partial charge in [-0.15, -0.1) is 11.3 Å². The van der Waals surface area contributed by atoms with E-state index in [1.165, 1.54) is 10.4 Å². The van der Waals surface area contributed by atoms with Crippen molar-refractivity contribution in [3.63, 3.8) is 0 Å². The van der Waals surface area contributed by atoms with Gasteiger partial charge >= 0.3 is 0 Å². The number of amides is 1. The van der Waals surface area contributed by atoms with Crippen LogP contribution in [0.3, 0.4) is 0 Å². The zero-order valence-electron chi connectivity index (χ0n) is 15.1. The Morgan fingerprint density at radius 1 is 1.16 bits per heavy atom. The van der Waals surface area contributed by atoms with Crippen LogP contribution in [0.25, 0.3) is 0 Å². The predicted octanol–water partition coefficient (Wildman–Crippen LogP) is 3.08. The summed E-state index contributed by atoms with van der Waals surface area (Å²) < 4.78 is 11.0. The fourth-order valence-electron chi connectivity index (χ4n) is 2.33. The van der Waals surface area contributed by atoms with Gasteiger partial charge in [0, 0.05) is 11.4 Å². The lowest BCUT2D eigenvalue weighted by Crippen LogP contribution is -2.36. The minimum Gasteiger partial charge on any atom is -0.494 e. The Hall–Kier alpha value is -2.05. The molecule has 0 radical (unpaired) electrons. The monoisotopic (exact) mass is 362 g/mol. The number of benzene rings is 1. The fraction of sp³-hybridized carbons (Fsp3) is 0.421. The van der Waals surface area contributed by atoms with Crippen LogP contribution in [0.2, 0.25) is 0 Å². The minimum absolute atomic E-state index is 0.00648. The topological polar surface area (TPSA) is 50.8 Å². The Morgan fingerprint density at radius 2 is 1.84 bits per heavy atom. The molecule has 0 atom stereocenters. The Bertz CT molecular complexity index is 655. The largest absolute Gasteiger partial charge is 0.494 e. The van der Waals surface area contributed by atoms with E-state index in [-0.39, 0.29) is 5.91 Å². The van der Waals surface area contributed by atoms with Crippen LogP contribution in [0.5, 0.6) is 11.5 Å². The molecule has 0 saturated carbocycles. The van der Waals surface area contributed by atoms with Gasteiger partial charge in [0.15, 0.2) is 0 Å². The van der Waals surface area contributed by atoms with Crippen LogP contribution in [-0.4, -0.2) is 44.2 Å². The predicted molar refractivity (Wildman–Crippen MR) is 102 cm³/mol. The van der Waals surface area contributed by atoms with Crippen LogP contribution in [0.15, 0.2) is 35.7 Å². The highest BCUT2D eigenvalue weighted by Gasteiger charge is 2.09. The normalized spacial score (nSPS) is 10.7. The highest BCUT2D eigenvalue weighted by Crippen LogP contribution is 2.18. The highest BCUT2D eigenvalue weighted by atomic mass is 32.1. The Balaban J connectivity index is 1.62. The summed E-state index contributed by atoms with van der Waals surface area (Å²) in [5.74, 6) is 1.60. The smallest absolute Gasteiger partial charge is 0.234 e. The number of hydrogen-bond donors (Lipinski definition) is 1. The van der Waals surface area contributed by atoms with E-state index in [1.807, 2.05) is 43.1 Å². The van der Waals surface area contributed by atoms with E-state index in [2.05, 4.69) is 23.7 Å². The van der Waals surface area contributed by atoms with Gasteiger partial charge in [-0.3, -0.25) is 9.69 Å². The van der Waals surface area contributed by atoms with Gasteiger partial charge in [0.25, 0.3) is 0 Å². The van der Waals surface area contributed by atoms with Gasteiger partial charge in [-0.25, -0.2) is 0 Å². The SMILES string of the molecule is CCOc1ccc(OCCNC(=O)CN(C)Cc2sccc2C)cc1. The average molecular weight is 362 g/mol. The molecule has 0 aliphatic carbocycles. The zero-order chi connectivity index (χ0) is 18.1. The third-order valence-electron chi connectivity index (χ3n) is 3.62. The maximum Gasteiger partial charge on any atom is 0.234 e. The second-order valence-corrected chi connectivity index (χ2v) is 6.80. The van der Waals surface area contributed by atoms with E-state index in [1.54, 1.807) is 11.3 Å². The summed E-state index contributed by atoms with van der Waals surface area (Å²) in [5, 5.41) is 4.96. The molecule has 0 saturated heterocycles. The Labute approximate surface area is 153 Å². The van der Waals surface area contributed by atoms with E-state index in [4.69, 9.17) is 9.47 Å². The first-order valence-electron chi connectivity index (χ1n) is 8.42. The number of likely N-dealkylation sites (N-methyl/N-ethyl adjacent to an activating group) is 1. The van der Waals surface area contributed by atoms with Gasteiger partial charge in [-0.1, -0.05) is 0 Å². The first-order chi connectivity index (χ1) is 12.1. The lowest BCUT2D eigenvalue weighted by molar-refractivity contribution is -0.122. The summed E-state index contributed by atoms with van der Waals surface area (Å²) >= 11 is 1.73. The quantitative estimate of drug-likeness (QED) is 0.660. The second-order valence-electron chi connectivity index (χ2n) is 5.80. The van der Waals surface area contributed by atoms with Crippen molar-refractivity contribution in [2.75, 3.05) is 33.4 Å². The summed E-state index contributed by atoms with van der Waals surface area (Å²) in [4.78, 5) is 15.3. The molecule has 2 aromatic rings. The molecule has 136 valence electrons. The Kier molecular flexibility index (Phi) is 7.76. The molecular weight excluding hydrogens is 336 g/mol. The third-order valence-corrected chi connectivity index (χ3v) is 4.63. The van der Waals surface area contributed by atoms with Gasteiger partial charge in [0.1, 0.15) is 18.1 Å². The van der Waals surface area contributed by atoms with Crippen molar-refractivity contribution in [3.8, 4) is 11.5 Å². The number of thiophene rings is 1.